The first kappa shape index (κ1) is 14.0. The van der Waals surface area contributed by atoms with E-state index in [9.17, 15) is 9.59 Å². The van der Waals surface area contributed by atoms with E-state index >= 15 is 0 Å². The zero-order chi connectivity index (χ0) is 15.9. The number of aromatic nitrogens is 2. The van der Waals surface area contributed by atoms with Gasteiger partial charge in [0.05, 0.1) is 10.9 Å². The molecule has 0 saturated carbocycles. The summed E-state index contributed by atoms with van der Waals surface area (Å²) in [6.07, 6.45) is 0. The Morgan fingerprint density at radius 2 is 1.91 bits per heavy atom. The van der Waals surface area contributed by atoms with E-state index in [0.29, 0.717) is 10.9 Å². The third-order valence-corrected chi connectivity index (χ3v) is 3.63. The first-order valence-electron chi connectivity index (χ1n) is 6.81. The maximum absolute atomic E-state index is 12.3. The van der Waals surface area contributed by atoms with Crippen molar-refractivity contribution in [3.8, 4) is 11.1 Å². The molecule has 5 heteroatoms. The lowest BCUT2D eigenvalue weighted by Crippen LogP contribution is -2.18. The lowest BCUT2D eigenvalue weighted by molar-refractivity contribution is 0.0688. The number of hydrogen-bond acceptors (Lipinski definition) is 3. The van der Waals surface area contributed by atoms with Crippen LogP contribution in [0.5, 0.6) is 0 Å². The first-order valence-corrected chi connectivity index (χ1v) is 6.81. The molecule has 0 radical (unpaired) electrons. The third kappa shape index (κ3) is 2.26. The van der Waals surface area contributed by atoms with Crippen LogP contribution in [0.3, 0.4) is 0 Å². The highest BCUT2D eigenvalue weighted by Gasteiger charge is 2.15. The molecule has 1 heterocycles. The standard InChI is InChI=1S/C17H14N2O3/c1-9-4-3-5-11(6-9)12-7-10(2)14-13(8-12)16(20)15(17(21)22)19-18-14/h3-8H,1-2H3,(H,18,20)(H,21,22). The molecule has 2 N–H and O–H groups in total. The molecule has 0 unspecified atom stereocenters. The molecule has 0 amide bonds. The molecule has 3 aromatic rings. The highest BCUT2D eigenvalue weighted by Crippen LogP contribution is 2.25. The minimum Gasteiger partial charge on any atom is -0.476 e. The molecule has 5 nitrogen and oxygen atoms in total. The second-order valence-electron chi connectivity index (χ2n) is 5.29. The lowest BCUT2D eigenvalue weighted by Gasteiger charge is -2.08. The first-order chi connectivity index (χ1) is 10.5. The summed E-state index contributed by atoms with van der Waals surface area (Å²) in [6.45, 7) is 3.86. The monoisotopic (exact) mass is 294 g/mol. The van der Waals surface area contributed by atoms with E-state index in [1.807, 2.05) is 44.2 Å². The van der Waals surface area contributed by atoms with Gasteiger partial charge in [0.25, 0.3) is 0 Å². The molecule has 0 aliphatic carbocycles. The van der Waals surface area contributed by atoms with Crippen molar-refractivity contribution in [2.75, 3.05) is 0 Å². The number of fused-ring (bicyclic) bond motifs is 1. The SMILES string of the molecule is Cc1cccc(-c2cc(C)c3[nH]nc(C(=O)O)c(=O)c3c2)c1. The quantitative estimate of drug-likeness (QED) is 0.761. The van der Waals surface area contributed by atoms with Crippen molar-refractivity contribution >= 4 is 16.9 Å². The molecule has 0 saturated heterocycles. The van der Waals surface area contributed by atoms with Crippen LogP contribution in [0.4, 0.5) is 0 Å². The normalized spacial score (nSPS) is 10.8. The number of benzene rings is 2. The second kappa shape index (κ2) is 5.11. The minimum absolute atomic E-state index is 0.337. The van der Waals surface area contributed by atoms with Gasteiger partial charge in [-0.15, -0.1) is 0 Å². The molecule has 0 fully saturated rings. The van der Waals surface area contributed by atoms with Crippen molar-refractivity contribution in [3.05, 3.63) is 63.4 Å². The van der Waals surface area contributed by atoms with Crippen LogP contribution in [0, 0.1) is 13.8 Å². The van der Waals surface area contributed by atoms with Crippen LogP contribution in [0.25, 0.3) is 22.0 Å². The van der Waals surface area contributed by atoms with Crippen LogP contribution in [0.1, 0.15) is 21.6 Å². The second-order valence-corrected chi connectivity index (χ2v) is 5.29. The molecule has 1 aromatic heterocycles. The predicted molar refractivity (Wildman–Crippen MR) is 84.2 cm³/mol. The Kier molecular flexibility index (Phi) is 3.25. The number of carboxylic acid groups (broad SMARTS) is 1. The van der Waals surface area contributed by atoms with Crippen LogP contribution >= 0.6 is 0 Å². The number of hydrogen-bond donors (Lipinski definition) is 2. The average molecular weight is 294 g/mol. The van der Waals surface area contributed by atoms with Gasteiger partial charge in [0, 0.05) is 0 Å². The molecule has 0 aliphatic rings. The van der Waals surface area contributed by atoms with E-state index < -0.39 is 17.1 Å². The van der Waals surface area contributed by atoms with Crippen molar-refractivity contribution in [1.82, 2.24) is 10.2 Å². The third-order valence-electron chi connectivity index (χ3n) is 3.63. The van der Waals surface area contributed by atoms with Crippen molar-refractivity contribution in [2.24, 2.45) is 0 Å². The molecule has 22 heavy (non-hydrogen) atoms. The van der Waals surface area contributed by atoms with Crippen molar-refractivity contribution < 1.29 is 9.90 Å². The molecule has 2 aromatic carbocycles. The summed E-state index contributed by atoms with van der Waals surface area (Å²) < 4.78 is 0. The maximum atomic E-state index is 12.3. The van der Waals surface area contributed by atoms with Gasteiger partial charge in [-0.2, -0.15) is 5.10 Å². The number of carbonyl (C=O) groups is 1. The van der Waals surface area contributed by atoms with Gasteiger partial charge in [0.15, 0.2) is 0 Å². The van der Waals surface area contributed by atoms with E-state index in [1.165, 1.54) is 0 Å². The largest absolute Gasteiger partial charge is 0.476 e. The zero-order valence-corrected chi connectivity index (χ0v) is 12.2. The van der Waals surface area contributed by atoms with Crippen LogP contribution in [-0.2, 0) is 0 Å². The van der Waals surface area contributed by atoms with Gasteiger partial charge >= 0.3 is 5.97 Å². The molecule has 0 spiro atoms. The number of aromatic amines is 1. The van der Waals surface area contributed by atoms with E-state index in [-0.39, 0.29) is 0 Å². The number of carboxylic acids is 1. The smallest absolute Gasteiger partial charge is 0.360 e. The minimum atomic E-state index is -1.33. The lowest BCUT2D eigenvalue weighted by atomic mass is 9.99. The summed E-state index contributed by atoms with van der Waals surface area (Å²) in [5.74, 6) is -1.33. The van der Waals surface area contributed by atoms with Crippen LogP contribution in [0.2, 0.25) is 0 Å². The summed E-state index contributed by atoms with van der Waals surface area (Å²) in [7, 11) is 0. The Hall–Kier alpha value is -2.95. The van der Waals surface area contributed by atoms with Crippen LogP contribution in [-0.4, -0.2) is 21.3 Å². The van der Waals surface area contributed by atoms with E-state index in [0.717, 1.165) is 22.3 Å². The topological polar surface area (TPSA) is 83.1 Å². The van der Waals surface area contributed by atoms with E-state index in [1.54, 1.807) is 6.07 Å². The highest BCUT2D eigenvalue weighted by atomic mass is 16.4. The number of aryl methyl sites for hydroxylation is 2. The summed E-state index contributed by atoms with van der Waals surface area (Å²) >= 11 is 0. The molecule has 110 valence electrons. The molecule has 0 aliphatic heterocycles. The number of nitrogens with zero attached hydrogens (tertiary/aromatic N) is 1. The Morgan fingerprint density at radius 3 is 2.59 bits per heavy atom. The van der Waals surface area contributed by atoms with Crippen LogP contribution < -0.4 is 5.43 Å². The Balaban J connectivity index is 2.33. The average Bonchev–Trinajstić information content (AvgIpc) is 2.47. The number of H-pyrrole nitrogens is 1. The number of nitrogens with one attached hydrogen (secondary N) is 1. The van der Waals surface area contributed by atoms with E-state index in [2.05, 4.69) is 10.2 Å². The summed E-state index contributed by atoms with van der Waals surface area (Å²) in [5.41, 5.74) is 3.32. The highest BCUT2D eigenvalue weighted by molar-refractivity contribution is 5.93. The van der Waals surface area contributed by atoms with Gasteiger partial charge < -0.3 is 5.11 Å². The van der Waals surface area contributed by atoms with Gasteiger partial charge in [-0.05, 0) is 42.7 Å². The van der Waals surface area contributed by atoms with Gasteiger partial charge in [-0.3, -0.25) is 9.89 Å². The fourth-order valence-corrected chi connectivity index (χ4v) is 2.54. The van der Waals surface area contributed by atoms with Gasteiger partial charge in [0.2, 0.25) is 11.1 Å². The molecular formula is C17H14N2O3. The fraction of sp³-hybridized carbons (Fsp3) is 0.118. The molecule has 0 atom stereocenters. The Bertz CT molecular complexity index is 958. The van der Waals surface area contributed by atoms with Gasteiger partial charge in [-0.25, -0.2) is 4.79 Å². The van der Waals surface area contributed by atoms with Crippen LogP contribution in [0.15, 0.2) is 41.2 Å². The predicted octanol–water partition coefficient (Wildman–Crippen LogP) is 2.91. The fourth-order valence-electron chi connectivity index (χ4n) is 2.54. The number of aromatic carboxylic acids is 1. The number of rotatable bonds is 2. The summed E-state index contributed by atoms with van der Waals surface area (Å²) in [5, 5.41) is 15.7. The maximum Gasteiger partial charge on any atom is 0.360 e. The van der Waals surface area contributed by atoms with E-state index in [4.69, 9.17) is 5.11 Å². The van der Waals surface area contributed by atoms with Gasteiger partial charge in [0.1, 0.15) is 0 Å². The van der Waals surface area contributed by atoms with Crippen molar-refractivity contribution in [1.29, 1.82) is 0 Å². The zero-order valence-electron chi connectivity index (χ0n) is 12.2. The van der Waals surface area contributed by atoms with Gasteiger partial charge in [-0.1, -0.05) is 29.8 Å². The summed E-state index contributed by atoms with van der Waals surface area (Å²) in [4.78, 5) is 23.4. The molecule has 0 bridgehead atoms. The molecule has 3 rings (SSSR count). The van der Waals surface area contributed by atoms with Crippen molar-refractivity contribution in [2.45, 2.75) is 13.8 Å². The molecular weight excluding hydrogens is 280 g/mol. The Labute approximate surface area is 126 Å². The van der Waals surface area contributed by atoms with Crippen molar-refractivity contribution in [3.63, 3.8) is 0 Å². The summed E-state index contributed by atoms with van der Waals surface area (Å²) in [6, 6.07) is 11.6. The Morgan fingerprint density at radius 1 is 1.14 bits per heavy atom.